The Balaban J connectivity index is 1.12. The first-order valence-electron chi connectivity index (χ1n) is 16.2. The molecule has 0 unspecified atom stereocenters. The van der Waals surface area contributed by atoms with Gasteiger partial charge in [-0.1, -0.05) is 97.1 Å². The third-order valence-electron chi connectivity index (χ3n) is 8.85. The molecule has 0 aliphatic rings. The summed E-state index contributed by atoms with van der Waals surface area (Å²) in [6.45, 7) is 0. The molecule has 5 aromatic carbocycles. The fourth-order valence-corrected chi connectivity index (χ4v) is 6.27. The zero-order valence-electron chi connectivity index (χ0n) is 26.3. The van der Waals surface area contributed by atoms with Crippen LogP contribution in [-0.2, 0) is 0 Å². The van der Waals surface area contributed by atoms with Gasteiger partial charge in [0.15, 0.2) is 17.5 Å². The highest BCUT2D eigenvalue weighted by Gasteiger charge is 2.15. The highest BCUT2D eigenvalue weighted by molar-refractivity contribution is 6.09. The number of nitrogens with one attached hydrogen (secondary N) is 1. The Hall–Kier alpha value is -6.79. The zero-order valence-corrected chi connectivity index (χ0v) is 26.3. The Kier molecular flexibility index (Phi) is 7.02. The monoisotopic (exact) mass is 628 g/mol. The molecule has 0 radical (unpaired) electrons. The molecule has 230 valence electrons. The predicted octanol–water partition coefficient (Wildman–Crippen LogP) is 10.3. The number of pyridine rings is 2. The van der Waals surface area contributed by atoms with Gasteiger partial charge in [0.05, 0.1) is 5.69 Å². The minimum Gasteiger partial charge on any atom is -0.355 e. The SMILES string of the molecule is c1ccc(-c2ccc(-c3nc(-c4ccccc4)nc(-c4ccc5[nH]c6ccc(-c7ccc(-c8ccncc8)nc7)cc6c5c4)n3)cc2)cc1. The predicted molar refractivity (Wildman–Crippen MR) is 197 cm³/mol. The Morgan fingerprint density at radius 3 is 1.49 bits per heavy atom. The summed E-state index contributed by atoms with van der Waals surface area (Å²) in [5.74, 6) is 1.89. The van der Waals surface area contributed by atoms with E-state index in [4.69, 9.17) is 19.9 Å². The van der Waals surface area contributed by atoms with Gasteiger partial charge in [0.25, 0.3) is 0 Å². The third kappa shape index (κ3) is 5.51. The second kappa shape index (κ2) is 12.1. The van der Waals surface area contributed by atoms with Gasteiger partial charge in [0.1, 0.15) is 0 Å². The molecular weight excluding hydrogens is 601 g/mol. The summed E-state index contributed by atoms with van der Waals surface area (Å²) in [7, 11) is 0. The molecular formula is C43H28N6. The maximum absolute atomic E-state index is 5.03. The van der Waals surface area contributed by atoms with Crippen LogP contribution in [0.1, 0.15) is 0 Å². The lowest BCUT2D eigenvalue weighted by Gasteiger charge is -2.09. The lowest BCUT2D eigenvalue weighted by Crippen LogP contribution is -2.00. The van der Waals surface area contributed by atoms with Crippen molar-refractivity contribution in [2.24, 2.45) is 0 Å². The van der Waals surface area contributed by atoms with E-state index in [2.05, 4.69) is 107 Å². The molecule has 9 aromatic rings. The van der Waals surface area contributed by atoms with E-state index in [0.717, 1.165) is 66.4 Å². The van der Waals surface area contributed by atoms with Crippen LogP contribution in [0.15, 0.2) is 164 Å². The van der Waals surface area contributed by atoms with Crippen LogP contribution in [0.2, 0.25) is 0 Å². The minimum absolute atomic E-state index is 0.624. The molecule has 0 aliphatic carbocycles. The number of fused-ring (bicyclic) bond motifs is 3. The number of rotatable bonds is 6. The van der Waals surface area contributed by atoms with Crippen LogP contribution in [0.3, 0.4) is 0 Å². The summed E-state index contributed by atoms with van der Waals surface area (Å²) >= 11 is 0. The van der Waals surface area contributed by atoms with Crippen molar-refractivity contribution in [3.05, 3.63) is 164 Å². The first-order chi connectivity index (χ1) is 24.2. The zero-order chi connectivity index (χ0) is 32.6. The van der Waals surface area contributed by atoms with Gasteiger partial charge in [0, 0.05) is 68.2 Å². The smallest absolute Gasteiger partial charge is 0.164 e. The Labute approximate surface area is 282 Å². The van der Waals surface area contributed by atoms with Crippen LogP contribution in [0, 0.1) is 0 Å². The quantitative estimate of drug-likeness (QED) is 0.198. The second-order valence-electron chi connectivity index (χ2n) is 11.9. The van der Waals surface area contributed by atoms with Crippen molar-refractivity contribution in [3.8, 4) is 67.7 Å². The topological polar surface area (TPSA) is 80.2 Å². The van der Waals surface area contributed by atoms with Crippen molar-refractivity contribution in [2.75, 3.05) is 0 Å². The van der Waals surface area contributed by atoms with Gasteiger partial charge in [-0.15, -0.1) is 0 Å². The normalized spacial score (nSPS) is 11.3. The van der Waals surface area contributed by atoms with Crippen molar-refractivity contribution >= 4 is 21.8 Å². The summed E-state index contributed by atoms with van der Waals surface area (Å²) in [4.78, 5) is 27.4. The van der Waals surface area contributed by atoms with Crippen molar-refractivity contribution in [2.45, 2.75) is 0 Å². The van der Waals surface area contributed by atoms with Crippen LogP contribution in [0.5, 0.6) is 0 Å². The Morgan fingerprint density at radius 1 is 0.367 bits per heavy atom. The first kappa shape index (κ1) is 28.4. The summed E-state index contributed by atoms with van der Waals surface area (Å²) in [6, 6.07) is 49.8. The Bertz CT molecular complexity index is 2560. The molecule has 0 saturated carbocycles. The highest BCUT2D eigenvalue weighted by atomic mass is 15.0. The summed E-state index contributed by atoms with van der Waals surface area (Å²) in [5.41, 5.74) is 11.3. The molecule has 0 amide bonds. The highest BCUT2D eigenvalue weighted by Crippen LogP contribution is 2.34. The fraction of sp³-hybridized carbons (Fsp3) is 0. The van der Waals surface area contributed by atoms with Crippen molar-refractivity contribution < 1.29 is 0 Å². The van der Waals surface area contributed by atoms with Crippen LogP contribution < -0.4 is 0 Å². The molecule has 0 spiro atoms. The number of hydrogen-bond acceptors (Lipinski definition) is 5. The molecule has 0 aliphatic heterocycles. The second-order valence-corrected chi connectivity index (χ2v) is 11.9. The lowest BCUT2D eigenvalue weighted by molar-refractivity contribution is 1.07. The molecule has 9 rings (SSSR count). The number of H-pyrrole nitrogens is 1. The largest absolute Gasteiger partial charge is 0.355 e. The lowest BCUT2D eigenvalue weighted by atomic mass is 10.0. The van der Waals surface area contributed by atoms with E-state index in [9.17, 15) is 0 Å². The van der Waals surface area contributed by atoms with Crippen LogP contribution in [-0.4, -0.2) is 29.9 Å². The molecule has 6 heteroatoms. The molecule has 0 saturated heterocycles. The number of hydrogen-bond donors (Lipinski definition) is 1. The van der Waals surface area contributed by atoms with E-state index < -0.39 is 0 Å². The van der Waals surface area contributed by atoms with E-state index in [1.165, 1.54) is 5.56 Å². The van der Waals surface area contributed by atoms with E-state index in [-0.39, 0.29) is 0 Å². The molecule has 6 nitrogen and oxygen atoms in total. The summed E-state index contributed by atoms with van der Waals surface area (Å²) < 4.78 is 0. The molecule has 1 N–H and O–H groups in total. The first-order valence-corrected chi connectivity index (χ1v) is 16.2. The molecule has 49 heavy (non-hydrogen) atoms. The number of aromatic amines is 1. The van der Waals surface area contributed by atoms with E-state index in [1.54, 1.807) is 12.4 Å². The number of aromatic nitrogens is 6. The average molecular weight is 629 g/mol. The molecule has 0 atom stereocenters. The van der Waals surface area contributed by atoms with Gasteiger partial charge in [-0.3, -0.25) is 9.97 Å². The molecule has 4 heterocycles. The van der Waals surface area contributed by atoms with Crippen molar-refractivity contribution in [3.63, 3.8) is 0 Å². The minimum atomic E-state index is 0.624. The van der Waals surface area contributed by atoms with Crippen molar-refractivity contribution in [1.29, 1.82) is 0 Å². The summed E-state index contributed by atoms with van der Waals surface area (Å²) in [6.07, 6.45) is 5.50. The molecule has 4 aromatic heterocycles. The molecule has 0 bridgehead atoms. The maximum Gasteiger partial charge on any atom is 0.164 e. The average Bonchev–Trinajstić information content (AvgIpc) is 3.56. The summed E-state index contributed by atoms with van der Waals surface area (Å²) in [5, 5.41) is 2.23. The van der Waals surface area contributed by atoms with E-state index in [1.807, 2.05) is 54.7 Å². The molecule has 0 fully saturated rings. The van der Waals surface area contributed by atoms with Gasteiger partial charge in [-0.2, -0.15) is 0 Å². The third-order valence-corrected chi connectivity index (χ3v) is 8.85. The number of benzene rings is 5. The van der Waals surface area contributed by atoms with Crippen LogP contribution in [0.25, 0.3) is 89.5 Å². The van der Waals surface area contributed by atoms with Crippen molar-refractivity contribution in [1.82, 2.24) is 29.9 Å². The van der Waals surface area contributed by atoms with Crippen LogP contribution in [0.4, 0.5) is 0 Å². The van der Waals surface area contributed by atoms with Gasteiger partial charge < -0.3 is 4.98 Å². The van der Waals surface area contributed by atoms with Gasteiger partial charge in [-0.25, -0.2) is 15.0 Å². The van der Waals surface area contributed by atoms with Gasteiger partial charge >= 0.3 is 0 Å². The van der Waals surface area contributed by atoms with Gasteiger partial charge in [-0.05, 0) is 65.2 Å². The van der Waals surface area contributed by atoms with Crippen LogP contribution >= 0.6 is 0 Å². The Morgan fingerprint density at radius 2 is 0.857 bits per heavy atom. The fourth-order valence-electron chi connectivity index (χ4n) is 6.27. The van der Waals surface area contributed by atoms with Gasteiger partial charge in [0.2, 0.25) is 0 Å². The standard InChI is InChI=1S/C43H28N6/c1-3-7-28(8-4-1)29-11-13-32(14-12-29)42-47-41(31-9-5-2-6-10-31)48-43(49-42)34-16-20-40-37(26-34)36-25-33(15-19-39(36)46-40)35-17-18-38(45-27-35)30-21-23-44-24-22-30/h1-27,46H. The van der Waals surface area contributed by atoms with E-state index in [0.29, 0.717) is 17.5 Å². The van der Waals surface area contributed by atoms with E-state index >= 15 is 0 Å². The maximum atomic E-state index is 5.03. The number of nitrogens with zero attached hydrogens (tertiary/aromatic N) is 5.